The van der Waals surface area contributed by atoms with E-state index >= 15 is 0 Å². The van der Waals surface area contributed by atoms with Crippen LogP contribution in [-0.2, 0) is 4.79 Å². The van der Waals surface area contributed by atoms with Crippen LogP contribution in [0.2, 0.25) is 0 Å². The molecule has 0 heterocycles. The summed E-state index contributed by atoms with van der Waals surface area (Å²) in [6, 6.07) is 0. The average Bonchev–Trinajstić information content (AvgIpc) is 2.34. The van der Waals surface area contributed by atoms with Gasteiger partial charge in [0.05, 0.1) is 12.0 Å². The van der Waals surface area contributed by atoms with Crippen molar-refractivity contribution in [3.8, 4) is 0 Å². The van der Waals surface area contributed by atoms with Crippen LogP contribution < -0.4 is 11.3 Å². The summed E-state index contributed by atoms with van der Waals surface area (Å²) in [5, 5.41) is 9.17. The molecule has 1 aliphatic carbocycles. The minimum atomic E-state index is -0.483. The molecule has 1 amide bonds. The van der Waals surface area contributed by atoms with Gasteiger partial charge in [-0.05, 0) is 19.3 Å². The lowest BCUT2D eigenvalue weighted by Crippen LogP contribution is -2.38. The fraction of sp³-hybridized carbons (Fsp3) is 0.833. The van der Waals surface area contributed by atoms with E-state index in [0.29, 0.717) is 0 Å². The number of carbonyl (C=O) groups excluding carboxylic acids is 1. The highest BCUT2D eigenvalue weighted by Crippen LogP contribution is 2.24. The molecular formula is C6H12N2O2. The van der Waals surface area contributed by atoms with Crippen molar-refractivity contribution in [3.63, 3.8) is 0 Å². The molecule has 0 aromatic carbocycles. The third kappa shape index (κ3) is 1.27. The van der Waals surface area contributed by atoms with Crippen LogP contribution in [-0.4, -0.2) is 17.1 Å². The SMILES string of the molecule is NNC(=O)C1CCCC1O. The van der Waals surface area contributed by atoms with Gasteiger partial charge < -0.3 is 5.11 Å². The van der Waals surface area contributed by atoms with Crippen LogP contribution in [0, 0.1) is 5.92 Å². The average molecular weight is 144 g/mol. The predicted octanol–water partition coefficient (Wildman–Crippen LogP) is -0.863. The second-order valence-electron chi connectivity index (χ2n) is 2.61. The number of rotatable bonds is 1. The molecule has 2 unspecified atom stereocenters. The van der Waals surface area contributed by atoms with Crippen LogP contribution in [0.3, 0.4) is 0 Å². The van der Waals surface area contributed by atoms with Gasteiger partial charge in [0, 0.05) is 0 Å². The first-order valence-electron chi connectivity index (χ1n) is 3.44. The minimum absolute atomic E-state index is 0.245. The molecule has 1 saturated carbocycles. The molecule has 1 fully saturated rings. The molecule has 58 valence electrons. The van der Waals surface area contributed by atoms with Crippen LogP contribution >= 0.6 is 0 Å². The smallest absolute Gasteiger partial charge is 0.239 e. The highest BCUT2D eigenvalue weighted by Gasteiger charge is 2.30. The van der Waals surface area contributed by atoms with Crippen molar-refractivity contribution in [2.45, 2.75) is 25.4 Å². The summed E-state index contributed by atoms with van der Waals surface area (Å²) in [7, 11) is 0. The number of aliphatic hydroxyl groups excluding tert-OH is 1. The third-order valence-corrected chi connectivity index (χ3v) is 1.96. The van der Waals surface area contributed by atoms with E-state index in [0.717, 1.165) is 19.3 Å². The Hall–Kier alpha value is -0.610. The topological polar surface area (TPSA) is 75.3 Å². The molecular weight excluding hydrogens is 132 g/mol. The van der Waals surface area contributed by atoms with Crippen molar-refractivity contribution in [2.75, 3.05) is 0 Å². The highest BCUT2D eigenvalue weighted by molar-refractivity contribution is 5.78. The van der Waals surface area contributed by atoms with Gasteiger partial charge in [-0.25, -0.2) is 5.84 Å². The summed E-state index contributed by atoms with van der Waals surface area (Å²) in [4.78, 5) is 10.8. The van der Waals surface area contributed by atoms with Crippen LogP contribution in [0.4, 0.5) is 0 Å². The number of carbonyl (C=O) groups is 1. The maximum absolute atomic E-state index is 10.8. The Morgan fingerprint density at radius 3 is 2.70 bits per heavy atom. The zero-order chi connectivity index (χ0) is 7.56. The maximum atomic E-state index is 10.8. The lowest BCUT2D eigenvalue weighted by Gasteiger charge is -2.10. The van der Waals surface area contributed by atoms with Crippen molar-refractivity contribution >= 4 is 5.91 Å². The molecule has 0 bridgehead atoms. The largest absolute Gasteiger partial charge is 0.392 e. The van der Waals surface area contributed by atoms with E-state index in [1.165, 1.54) is 0 Å². The van der Waals surface area contributed by atoms with Crippen LogP contribution in [0.1, 0.15) is 19.3 Å². The number of hydrogen-bond acceptors (Lipinski definition) is 3. The molecule has 1 aliphatic rings. The number of hydrogen-bond donors (Lipinski definition) is 3. The molecule has 4 heteroatoms. The Balaban J connectivity index is 2.46. The molecule has 0 aliphatic heterocycles. The van der Waals surface area contributed by atoms with Gasteiger partial charge in [0.2, 0.25) is 5.91 Å². The molecule has 4 N–H and O–H groups in total. The van der Waals surface area contributed by atoms with Crippen LogP contribution in [0.25, 0.3) is 0 Å². The van der Waals surface area contributed by atoms with Crippen LogP contribution in [0.5, 0.6) is 0 Å². The fourth-order valence-electron chi connectivity index (χ4n) is 1.35. The van der Waals surface area contributed by atoms with Crippen molar-refractivity contribution in [3.05, 3.63) is 0 Å². The van der Waals surface area contributed by atoms with E-state index in [4.69, 9.17) is 5.84 Å². The molecule has 0 aromatic heterocycles. The molecule has 4 nitrogen and oxygen atoms in total. The van der Waals surface area contributed by atoms with E-state index in [1.807, 2.05) is 5.43 Å². The zero-order valence-corrected chi connectivity index (χ0v) is 5.71. The summed E-state index contributed by atoms with van der Waals surface area (Å²) < 4.78 is 0. The fourth-order valence-corrected chi connectivity index (χ4v) is 1.35. The van der Waals surface area contributed by atoms with Crippen molar-refractivity contribution < 1.29 is 9.90 Å². The minimum Gasteiger partial charge on any atom is -0.392 e. The van der Waals surface area contributed by atoms with Crippen molar-refractivity contribution in [1.29, 1.82) is 0 Å². The Morgan fingerprint density at radius 2 is 2.30 bits per heavy atom. The first-order valence-corrected chi connectivity index (χ1v) is 3.44. The van der Waals surface area contributed by atoms with Gasteiger partial charge in [-0.2, -0.15) is 0 Å². The van der Waals surface area contributed by atoms with Gasteiger partial charge >= 0.3 is 0 Å². The Morgan fingerprint density at radius 1 is 1.60 bits per heavy atom. The van der Waals surface area contributed by atoms with E-state index < -0.39 is 6.10 Å². The first kappa shape index (κ1) is 7.50. The predicted molar refractivity (Wildman–Crippen MR) is 35.7 cm³/mol. The lowest BCUT2D eigenvalue weighted by atomic mass is 10.1. The Bertz CT molecular complexity index is 138. The van der Waals surface area contributed by atoms with Crippen molar-refractivity contribution in [1.82, 2.24) is 5.43 Å². The molecule has 0 radical (unpaired) electrons. The zero-order valence-electron chi connectivity index (χ0n) is 5.71. The number of amides is 1. The summed E-state index contributed by atoms with van der Waals surface area (Å²) in [6.45, 7) is 0. The summed E-state index contributed by atoms with van der Waals surface area (Å²) >= 11 is 0. The first-order chi connectivity index (χ1) is 4.75. The summed E-state index contributed by atoms with van der Waals surface area (Å²) in [5.41, 5.74) is 2.04. The van der Waals surface area contributed by atoms with E-state index in [1.54, 1.807) is 0 Å². The Labute approximate surface area is 59.4 Å². The molecule has 2 atom stereocenters. The summed E-state index contributed by atoms with van der Waals surface area (Å²) in [5.74, 6) is 4.38. The third-order valence-electron chi connectivity index (χ3n) is 1.96. The number of nitrogens with two attached hydrogens (primary N) is 1. The molecule has 0 spiro atoms. The second kappa shape index (κ2) is 2.98. The monoisotopic (exact) mass is 144 g/mol. The number of aliphatic hydroxyl groups is 1. The highest BCUT2D eigenvalue weighted by atomic mass is 16.3. The molecule has 0 aromatic rings. The second-order valence-corrected chi connectivity index (χ2v) is 2.61. The maximum Gasteiger partial charge on any atom is 0.239 e. The molecule has 0 saturated heterocycles. The van der Waals surface area contributed by atoms with Crippen molar-refractivity contribution in [2.24, 2.45) is 11.8 Å². The van der Waals surface area contributed by atoms with Gasteiger partial charge in [-0.1, -0.05) is 0 Å². The Kier molecular flexibility index (Phi) is 2.24. The van der Waals surface area contributed by atoms with Gasteiger partial charge in [-0.3, -0.25) is 10.2 Å². The molecule has 1 rings (SSSR count). The van der Waals surface area contributed by atoms with E-state index in [9.17, 15) is 9.90 Å². The van der Waals surface area contributed by atoms with E-state index in [2.05, 4.69) is 0 Å². The van der Waals surface area contributed by atoms with Gasteiger partial charge in [0.25, 0.3) is 0 Å². The summed E-state index contributed by atoms with van der Waals surface area (Å²) in [6.07, 6.45) is 1.91. The quantitative estimate of drug-likeness (QED) is 0.254. The number of hydrazine groups is 1. The van der Waals surface area contributed by atoms with E-state index in [-0.39, 0.29) is 11.8 Å². The normalized spacial score (nSPS) is 32.2. The van der Waals surface area contributed by atoms with Gasteiger partial charge in [0.1, 0.15) is 0 Å². The van der Waals surface area contributed by atoms with Gasteiger partial charge in [0.15, 0.2) is 0 Å². The lowest BCUT2D eigenvalue weighted by molar-refractivity contribution is -0.127. The standard InChI is InChI=1S/C6H12N2O2/c7-8-6(10)4-2-1-3-5(4)9/h4-5,9H,1-3,7H2,(H,8,10). The number of nitrogens with one attached hydrogen (secondary N) is 1. The van der Waals surface area contributed by atoms with Gasteiger partial charge in [-0.15, -0.1) is 0 Å². The van der Waals surface area contributed by atoms with Crippen LogP contribution in [0.15, 0.2) is 0 Å². The molecule has 10 heavy (non-hydrogen) atoms.